The molecule has 2 atom stereocenters. The van der Waals surface area contributed by atoms with Gasteiger partial charge in [0.05, 0.1) is 92.4 Å². The zero-order chi connectivity index (χ0) is 28.6. The summed E-state index contributed by atoms with van der Waals surface area (Å²) in [6.45, 7) is 8.01. The van der Waals surface area contributed by atoms with Gasteiger partial charge >= 0.3 is 0 Å². The zero-order valence-corrected chi connectivity index (χ0v) is 23.1. The second-order valence-electron chi connectivity index (χ2n) is 9.53. The lowest BCUT2D eigenvalue weighted by atomic mass is 10.0. The second-order valence-corrected chi connectivity index (χ2v) is 9.53. The Morgan fingerprint density at radius 1 is 0.575 bits per heavy atom. The summed E-state index contributed by atoms with van der Waals surface area (Å²) in [7, 11) is 0. The molecule has 1 aliphatic carbocycles. The van der Waals surface area contributed by atoms with E-state index in [1.54, 1.807) is 0 Å². The Balaban J connectivity index is 1.06. The van der Waals surface area contributed by atoms with Crippen LogP contribution in [-0.4, -0.2) is 126 Å². The molecule has 4 amide bonds. The SMILES string of the molecule is CC1=C[C@H](COCCOCCOCCN2C(=O)C=CC2=O)CC1COCCOCCOCCN1C(=O)C=CC1=O. The van der Waals surface area contributed by atoms with Gasteiger partial charge in [0, 0.05) is 36.1 Å². The Labute approximate surface area is 234 Å². The van der Waals surface area contributed by atoms with Gasteiger partial charge in [-0.15, -0.1) is 0 Å². The van der Waals surface area contributed by atoms with Gasteiger partial charge in [-0.25, -0.2) is 0 Å². The van der Waals surface area contributed by atoms with E-state index in [1.165, 1.54) is 29.9 Å². The molecule has 0 radical (unpaired) electrons. The molecule has 3 rings (SSSR count). The first-order chi connectivity index (χ1) is 19.5. The van der Waals surface area contributed by atoms with E-state index in [0.29, 0.717) is 77.9 Å². The van der Waals surface area contributed by atoms with Gasteiger partial charge in [0.15, 0.2) is 0 Å². The van der Waals surface area contributed by atoms with Gasteiger partial charge < -0.3 is 28.4 Å². The number of carbonyl (C=O) groups excluding carboxylic acids is 4. The zero-order valence-electron chi connectivity index (χ0n) is 23.1. The van der Waals surface area contributed by atoms with E-state index in [0.717, 1.165) is 16.2 Å². The van der Waals surface area contributed by atoms with E-state index >= 15 is 0 Å². The van der Waals surface area contributed by atoms with Crippen molar-refractivity contribution in [2.24, 2.45) is 11.8 Å². The molecule has 0 fully saturated rings. The molecule has 0 N–H and O–H groups in total. The maximum atomic E-state index is 11.4. The monoisotopic (exact) mass is 564 g/mol. The molecule has 0 aromatic rings. The average Bonchev–Trinajstić information content (AvgIpc) is 3.57. The van der Waals surface area contributed by atoms with Crippen molar-refractivity contribution in [2.75, 3.05) is 92.4 Å². The fraction of sp³-hybridized carbons (Fsp3) is 0.643. The van der Waals surface area contributed by atoms with Gasteiger partial charge in [0.1, 0.15) is 0 Å². The number of nitrogens with zero attached hydrogens (tertiary/aromatic N) is 2. The number of rotatable bonds is 22. The first-order valence-corrected chi connectivity index (χ1v) is 13.7. The van der Waals surface area contributed by atoms with E-state index in [-0.39, 0.29) is 49.9 Å². The molecular formula is C28H40N2O10. The highest BCUT2D eigenvalue weighted by atomic mass is 16.5. The van der Waals surface area contributed by atoms with Crippen LogP contribution in [0.3, 0.4) is 0 Å². The molecule has 2 heterocycles. The predicted octanol–water partition coefficient (Wildman–Crippen LogP) is 0.518. The summed E-state index contributed by atoms with van der Waals surface area (Å²) < 4.78 is 33.4. The lowest BCUT2D eigenvalue weighted by Crippen LogP contribution is -2.33. The first-order valence-electron chi connectivity index (χ1n) is 13.7. The Kier molecular flexibility index (Phi) is 14.2. The smallest absolute Gasteiger partial charge is 0.253 e. The third-order valence-electron chi connectivity index (χ3n) is 6.59. The van der Waals surface area contributed by atoms with Crippen molar-refractivity contribution >= 4 is 23.6 Å². The molecule has 222 valence electrons. The molecular weight excluding hydrogens is 524 g/mol. The van der Waals surface area contributed by atoms with E-state index < -0.39 is 0 Å². The highest BCUT2D eigenvalue weighted by Crippen LogP contribution is 2.30. The average molecular weight is 565 g/mol. The van der Waals surface area contributed by atoms with Crippen LogP contribution in [0.25, 0.3) is 0 Å². The molecule has 3 aliphatic rings. The van der Waals surface area contributed by atoms with E-state index in [9.17, 15) is 19.2 Å². The van der Waals surface area contributed by atoms with Gasteiger partial charge in [-0.2, -0.15) is 0 Å². The maximum absolute atomic E-state index is 11.4. The Morgan fingerprint density at radius 3 is 1.40 bits per heavy atom. The van der Waals surface area contributed by atoms with Gasteiger partial charge in [-0.1, -0.05) is 11.6 Å². The molecule has 0 saturated carbocycles. The Bertz CT molecular complexity index is 911. The quantitative estimate of drug-likeness (QED) is 0.104. The minimum absolute atomic E-state index is 0.242. The van der Waals surface area contributed by atoms with E-state index in [1.807, 2.05) is 0 Å². The lowest BCUT2D eigenvalue weighted by Gasteiger charge is -2.15. The number of imide groups is 2. The molecule has 0 saturated heterocycles. The Morgan fingerprint density at radius 2 is 0.950 bits per heavy atom. The van der Waals surface area contributed by atoms with Crippen molar-refractivity contribution in [1.29, 1.82) is 0 Å². The number of ether oxygens (including phenoxy) is 6. The minimum Gasteiger partial charge on any atom is -0.378 e. The molecule has 12 nitrogen and oxygen atoms in total. The fourth-order valence-corrected chi connectivity index (χ4v) is 4.40. The van der Waals surface area contributed by atoms with Crippen LogP contribution in [0.1, 0.15) is 13.3 Å². The first kappa shape index (κ1) is 31.8. The number of carbonyl (C=O) groups is 4. The third kappa shape index (κ3) is 11.0. The standard InChI is InChI=1S/C28H40N2O10/c1-22-18-23(20-39-16-14-37-12-10-35-8-6-29-25(31)2-3-26(29)32)19-24(22)21-40-17-15-38-13-11-36-9-7-30-27(33)4-5-28(30)34/h2-5,18,23-24H,6-17,19-21H2,1H3/t23-,24?/m0/s1. The second kappa shape index (κ2) is 17.8. The molecule has 0 spiro atoms. The summed E-state index contributed by atoms with van der Waals surface area (Å²) >= 11 is 0. The van der Waals surface area contributed by atoms with Gasteiger partial charge in [0.2, 0.25) is 0 Å². The molecule has 0 bridgehead atoms. The predicted molar refractivity (Wildman–Crippen MR) is 142 cm³/mol. The van der Waals surface area contributed by atoms with E-state index in [4.69, 9.17) is 28.4 Å². The topological polar surface area (TPSA) is 130 Å². The fourth-order valence-electron chi connectivity index (χ4n) is 4.40. The summed E-state index contributed by atoms with van der Waals surface area (Å²) in [6.07, 6.45) is 8.28. The van der Waals surface area contributed by atoms with Gasteiger partial charge in [0.25, 0.3) is 23.6 Å². The third-order valence-corrected chi connectivity index (χ3v) is 6.59. The molecule has 0 aromatic heterocycles. The van der Waals surface area contributed by atoms with Crippen LogP contribution in [0.4, 0.5) is 0 Å². The van der Waals surface area contributed by atoms with E-state index in [2.05, 4.69) is 13.0 Å². The summed E-state index contributed by atoms with van der Waals surface area (Å²) in [4.78, 5) is 48.0. The molecule has 2 aliphatic heterocycles. The number of hydrogen-bond acceptors (Lipinski definition) is 10. The highest BCUT2D eigenvalue weighted by Gasteiger charge is 2.25. The van der Waals surface area contributed by atoms with Gasteiger partial charge in [-0.3, -0.25) is 29.0 Å². The van der Waals surface area contributed by atoms with Crippen molar-refractivity contribution in [1.82, 2.24) is 9.80 Å². The van der Waals surface area contributed by atoms with Crippen LogP contribution in [-0.2, 0) is 47.6 Å². The summed E-state index contributed by atoms with van der Waals surface area (Å²) in [5.41, 5.74) is 1.31. The molecule has 40 heavy (non-hydrogen) atoms. The van der Waals surface area contributed by atoms with Crippen LogP contribution in [0, 0.1) is 11.8 Å². The van der Waals surface area contributed by atoms with Crippen molar-refractivity contribution in [3.05, 3.63) is 36.0 Å². The molecule has 12 heteroatoms. The van der Waals surface area contributed by atoms with Crippen LogP contribution in [0.2, 0.25) is 0 Å². The lowest BCUT2D eigenvalue weighted by molar-refractivity contribution is -0.139. The van der Waals surface area contributed by atoms with Gasteiger partial charge in [-0.05, 0) is 13.3 Å². The van der Waals surface area contributed by atoms with Crippen molar-refractivity contribution in [2.45, 2.75) is 13.3 Å². The highest BCUT2D eigenvalue weighted by molar-refractivity contribution is 6.13. The largest absolute Gasteiger partial charge is 0.378 e. The van der Waals surface area contributed by atoms with Crippen LogP contribution >= 0.6 is 0 Å². The maximum Gasteiger partial charge on any atom is 0.253 e. The van der Waals surface area contributed by atoms with Crippen molar-refractivity contribution in [3.8, 4) is 0 Å². The number of hydrogen-bond donors (Lipinski definition) is 0. The summed E-state index contributed by atoms with van der Waals surface area (Å²) in [6, 6.07) is 0. The molecule has 1 unspecified atom stereocenters. The van der Waals surface area contributed by atoms with Crippen LogP contribution in [0.15, 0.2) is 36.0 Å². The van der Waals surface area contributed by atoms with Crippen LogP contribution in [0.5, 0.6) is 0 Å². The van der Waals surface area contributed by atoms with Crippen molar-refractivity contribution in [3.63, 3.8) is 0 Å². The minimum atomic E-state index is -0.304. The summed E-state index contributed by atoms with van der Waals surface area (Å²) in [5, 5.41) is 0. The number of amides is 4. The van der Waals surface area contributed by atoms with Crippen LogP contribution < -0.4 is 0 Å². The van der Waals surface area contributed by atoms with Crippen molar-refractivity contribution < 1.29 is 47.6 Å². The summed E-state index contributed by atoms with van der Waals surface area (Å²) in [5.74, 6) is -0.484. The molecule has 0 aromatic carbocycles. The Hall–Kier alpha value is -2.74. The normalized spacial score (nSPS) is 20.6.